The Morgan fingerprint density at radius 3 is 1.50 bits per heavy atom. The first-order valence-corrected chi connectivity index (χ1v) is 22.0. The van der Waals surface area contributed by atoms with Crippen molar-refractivity contribution in [3.05, 3.63) is 134 Å². The number of imide groups is 1. The first-order valence-electron chi connectivity index (χ1n) is 17.2. The van der Waals surface area contributed by atoms with Crippen LogP contribution in [0.15, 0.2) is 134 Å². The average Bonchev–Trinajstić information content (AvgIpc) is 3.09. The molecule has 0 aromatic heterocycles. The summed E-state index contributed by atoms with van der Waals surface area (Å²) in [6.07, 6.45) is 4.53. The molecule has 1 saturated heterocycles. The summed E-state index contributed by atoms with van der Waals surface area (Å²) in [5.74, 6) is -0.419. The number of nitrogens with zero attached hydrogens (tertiary/aromatic N) is 1. The molecule has 0 spiro atoms. The van der Waals surface area contributed by atoms with Crippen molar-refractivity contribution in [2.45, 2.75) is 68.2 Å². The molecule has 3 amide bonds. The number of rotatable bonds is 10. The van der Waals surface area contributed by atoms with E-state index in [0.717, 1.165) is 0 Å². The first-order chi connectivity index (χ1) is 23.9. The SMILES string of the molecule is CC(C)(C)[Si](OC[C@H]1SC(/C=[N+]2\C=CC(=O)NC2=O)[C@@H]1O[Si](c1ccccc1)(c1ccccc1)C(C)(C)C)(c1ccccc1)c1ccccc1. The number of carbonyl (C=O) groups excluding carboxylic acids is 2. The Balaban J connectivity index is 1.45. The molecule has 9 heteroatoms. The summed E-state index contributed by atoms with van der Waals surface area (Å²) < 4.78 is 16.7. The second-order valence-corrected chi connectivity index (χ2v) is 25.0. The van der Waals surface area contributed by atoms with Crippen molar-refractivity contribution in [3.63, 3.8) is 0 Å². The second-order valence-electron chi connectivity index (χ2n) is 15.0. The zero-order valence-electron chi connectivity index (χ0n) is 29.7. The summed E-state index contributed by atoms with van der Waals surface area (Å²) in [4.78, 5) is 24.8. The summed E-state index contributed by atoms with van der Waals surface area (Å²) in [6, 6.07) is 42.2. The van der Waals surface area contributed by atoms with Gasteiger partial charge in [0.05, 0.1) is 28.9 Å². The lowest BCUT2D eigenvalue weighted by Gasteiger charge is -2.52. The van der Waals surface area contributed by atoms with Crippen LogP contribution in [0, 0.1) is 0 Å². The molecule has 1 N–H and O–H groups in total. The smallest absolute Gasteiger partial charge is 0.406 e. The number of urea groups is 1. The van der Waals surface area contributed by atoms with Crippen LogP contribution in [0.1, 0.15) is 41.5 Å². The van der Waals surface area contributed by atoms with E-state index in [0.29, 0.717) is 6.61 Å². The zero-order valence-corrected chi connectivity index (χ0v) is 32.5. The van der Waals surface area contributed by atoms with E-state index in [1.54, 1.807) is 11.8 Å². The standard InChI is InChI=1S/C41H46N2O4SSi2/c1-40(2,3)49(31-19-11-7-12-20-31,32-21-13-8-14-22-32)46-30-36-38(35(48-36)29-43-28-27-37(44)42-39(43)45)47-50(41(4,5)6,33-23-15-9-16-24-33)34-25-17-10-18-26-34/h7-29,35-36,38H,30H2,1-6H3/p+1/b43-29+/t35?,36-,38+/m1/s1. The lowest BCUT2D eigenvalue weighted by molar-refractivity contribution is -0.348. The van der Waals surface area contributed by atoms with E-state index in [9.17, 15) is 9.59 Å². The molecule has 0 radical (unpaired) electrons. The van der Waals surface area contributed by atoms with Gasteiger partial charge in [0.2, 0.25) is 0 Å². The number of hydrogen-bond acceptors (Lipinski definition) is 5. The van der Waals surface area contributed by atoms with Gasteiger partial charge in [-0.15, -0.1) is 11.8 Å². The molecular weight excluding hydrogens is 673 g/mol. The van der Waals surface area contributed by atoms with Gasteiger partial charge in [0, 0.05) is 6.61 Å². The van der Waals surface area contributed by atoms with Gasteiger partial charge in [-0.3, -0.25) is 0 Å². The minimum atomic E-state index is -2.97. The van der Waals surface area contributed by atoms with Crippen molar-refractivity contribution in [1.82, 2.24) is 5.32 Å². The highest BCUT2D eigenvalue weighted by atomic mass is 32.2. The van der Waals surface area contributed by atoms with Gasteiger partial charge in [-0.1, -0.05) is 163 Å². The maximum absolute atomic E-state index is 12.9. The van der Waals surface area contributed by atoms with E-state index in [2.05, 4.69) is 168 Å². The summed E-state index contributed by atoms with van der Waals surface area (Å²) in [7, 11) is -5.79. The Morgan fingerprint density at radius 2 is 1.10 bits per heavy atom. The monoisotopic (exact) mass is 719 g/mol. The van der Waals surface area contributed by atoms with Crippen LogP contribution in [-0.4, -0.2) is 62.6 Å². The van der Waals surface area contributed by atoms with Crippen LogP contribution in [0.3, 0.4) is 0 Å². The highest BCUT2D eigenvalue weighted by Crippen LogP contribution is 2.46. The number of benzene rings is 4. The fourth-order valence-corrected chi connectivity index (χ4v) is 18.3. The Hall–Kier alpha value is -3.87. The molecule has 3 atom stereocenters. The number of amides is 3. The van der Waals surface area contributed by atoms with Crippen LogP contribution in [0.25, 0.3) is 0 Å². The Morgan fingerprint density at radius 1 is 0.680 bits per heavy atom. The second kappa shape index (κ2) is 14.4. The molecule has 4 aromatic carbocycles. The fraction of sp³-hybridized carbons (Fsp3) is 0.293. The molecule has 0 saturated carbocycles. The van der Waals surface area contributed by atoms with Crippen LogP contribution < -0.4 is 26.1 Å². The van der Waals surface area contributed by atoms with Gasteiger partial charge in [0.25, 0.3) is 16.6 Å². The lowest BCUT2D eigenvalue weighted by atomic mass is 10.1. The highest BCUT2D eigenvalue weighted by molar-refractivity contribution is 8.02. The van der Waals surface area contributed by atoms with Crippen LogP contribution in [0.5, 0.6) is 0 Å². The normalized spacial score (nSPS) is 20.8. The molecule has 0 bridgehead atoms. The van der Waals surface area contributed by atoms with Gasteiger partial charge in [-0.05, 0) is 30.8 Å². The predicted molar refractivity (Wildman–Crippen MR) is 210 cm³/mol. The van der Waals surface area contributed by atoms with Gasteiger partial charge in [-0.2, -0.15) is 14.7 Å². The molecule has 4 aromatic rings. The molecule has 2 heterocycles. The van der Waals surface area contributed by atoms with Crippen molar-refractivity contribution in [2.75, 3.05) is 6.61 Å². The first kappa shape index (κ1) is 35.9. The van der Waals surface area contributed by atoms with Crippen LogP contribution >= 0.6 is 11.8 Å². The van der Waals surface area contributed by atoms with E-state index in [1.807, 2.05) is 6.21 Å². The molecule has 2 aliphatic heterocycles. The van der Waals surface area contributed by atoms with E-state index in [1.165, 1.54) is 37.6 Å². The van der Waals surface area contributed by atoms with E-state index in [4.69, 9.17) is 8.85 Å². The maximum atomic E-state index is 12.9. The molecule has 6 rings (SSSR count). The highest BCUT2D eigenvalue weighted by Gasteiger charge is 2.57. The Labute approximate surface area is 302 Å². The zero-order chi connectivity index (χ0) is 35.6. The number of thioether (sulfide) groups is 1. The molecular formula is C41H47N2O4SSi2+. The third kappa shape index (κ3) is 6.77. The van der Waals surface area contributed by atoms with Crippen LogP contribution in [-0.2, 0) is 13.6 Å². The van der Waals surface area contributed by atoms with E-state index < -0.39 is 28.6 Å². The molecule has 1 fully saturated rings. The van der Waals surface area contributed by atoms with Crippen LogP contribution in [0.4, 0.5) is 4.79 Å². The van der Waals surface area contributed by atoms with Crippen molar-refractivity contribution in [2.24, 2.45) is 0 Å². The van der Waals surface area contributed by atoms with E-state index >= 15 is 0 Å². The summed E-state index contributed by atoms with van der Waals surface area (Å²) in [6.45, 7) is 14.2. The molecule has 2 aliphatic rings. The van der Waals surface area contributed by atoms with Gasteiger partial charge in [0.15, 0.2) is 0 Å². The van der Waals surface area contributed by atoms with Crippen LogP contribution in [0.2, 0.25) is 10.1 Å². The number of hydrogen-bond donors (Lipinski definition) is 1. The van der Waals surface area contributed by atoms with Gasteiger partial charge < -0.3 is 8.85 Å². The minimum absolute atomic E-state index is 0.0157. The van der Waals surface area contributed by atoms with Crippen molar-refractivity contribution in [3.8, 4) is 0 Å². The third-order valence-corrected chi connectivity index (χ3v) is 21.3. The largest absolute Gasteiger partial charge is 0.503 e. The van der Waals surface area contributed by atoms with Crippen molar-refractivity contribution < 1.29 is 23.0 Å². The minimum Gasteiger partial charge on any atom is -0.406 e. The summed E-state index contributed by atoms with van der Waals surface area (Å²) in [5.41, 5.74) is 0. The van der Waals surface area contributed by atoms with Gasteiger partial charge in [0.1, 0.15) is 6.20 Å². The molecule has 0 aliphatic carbocycles. The Kier molecular flexibility index (Phi) is 10.4. The maximum Gasteiger partial charge on any atom is 0.503 e. The quantitative estimate of drug-likeness (QED) is 0.165. The third-order valence-electron chi connectivity index (χ3n) is 9.79. The Bertz CT molecular complexity index is 1780. The molecule has 258 valence electrons. The molecule has 6 nitrogen and oxygen atoms in total. The summed E-state index contributed by atoms with van der Waals surface area (Å²) in [5, 5.41) is 6.67. The van der Waals surface area contributed by atoms with Gasteiger partial charge in [-0.25, -0.2) is 4.79 Å². The van der Waals surface area contributed by atoms with Crippen molar-refractivity contribution in [1.29, 1.82) is 0 Å². The summed E-state index contributed by atoms with van der Waals surface area (Å²) >= 11 is 1.76. The number of carbonyl (C=O) groups is 2. The topological polar surface area (TPSA) is 67.6 Å². The van der Waals surface area contributed by atoms with E-state index in [-0.39, 0.29) is 26.7 Å². The predicted octanol–water partition coefficient (Wildman–Crippen LogP) is 5.84. The molecule has 50 heavy (non-hydrogen) atoms. The van der Waals surface area contributed by atoms with Crippen molar-refractivity contribution >= 4 is 67.3 Å². The molecule has 1 unspecified atom stereocenters. The average molecular weight is 720 g/mol. The fourth-order valence-electron chi connectivity index (χ4n) is 7.44. The van der Waals surface area contributed by atoms with Gasteiger partial charge >= 0.3 is 11.9 Å². The number of nitrogens with one attached hydrogen (secondary N) is 1. The lowest BCUT2D eigenvalue weighted by Crippen LogP contribution is -2.72.